The Morgan fingerprint density at radius 2 is 2.11 bits per heavy atom. The Labute approximate surface area is 163 Å². The van der Waals surface area contributed by atoms with E-state index in [1.54, 1.807) is 12.1 Å². The Kier molecular flexibility index (Phi) is 5.29. The van der Waals surface area contributed by atoms with Gasteiger partial charge in [0.05, 0.1) is 12.7 Å². The number of rotatable bonds is 4. The van der Waals surface area contributed by atoms with Crippen LogP contribution in [0.3, 0.4) is 0 Å². The maximum atomic E-state index is 12.9. The molecule has 1 saturated heterocycles. The summed E-state index contributed by atoms with van der Waals surface area (Å²) in [5.74, 6) is -0.340. The van der Waals surface area contributed by atoms with E-state index in [0.29, 0.717) is 30.9 Å². The van der Waals surface area contributed by atoms with Crippen molar-refractivity contribution in [2.75, 3.05) is 32.1 Å². The fourth-order valence-corrected chi connectivity index (χ4v) is 3.87. The average molecular weight is 383 g/mol. The molecule has 1 aromatic carbocycles. The second-order valence-electron chi connectivity index (χ2n) is 7.24. The highest BCUT2D eigenvalue weighted by Gasteiger charge is 2.28. The SMILES string of the molecule is COC(=O)c1cccc(NC2CCN(C(=O)c3n[nH]c4c3CNCC4)CC2)c1. The van der Waals surface area contributed by atoms with Crippen LogP contribution >= 0.6 is 0 Å². The van der Waals surface area contributed by atoms with Crippen molar-refractivity contribution >= 4 is 17.6 Å². The molecule has 1 aromatic heterocycles. The van der Waals surface area contributed by atoms with Gasteiger partial charge in [-0.15, -0.1) is 0 Å². The number of hydrogen-bond donors (Lipinski definition) is 3. The number of anilines is 1. The van der Waals surface area contributed by atoms with Gasteiger partial charge in [-0.2, -0.15) is 5.10 Å². The average Bonchev–Trinajstić information content (AvgIpc) is 3.17. The molecule has 0 unspecified atom stereocenters. The summed E-state index contributed by atoms with van der Waals surface area (Å²) in [5.41, 5.74) is 4.05. The molecule has 2 aliphatic rings. The van der Waals surface area contributed by atoms with Crippen LogP contribution in [0, 0.1) is 0 Å². The normalized spacial score (nSPS) is 17.1. The topological polar surface area (TPSA) is 99.3 Å². The lowest BCUT2D eigenvalue weighted by atomic mass is 10.0. The summed E-state index contributed by atoms with van der Waals surface area (Å²) in [6.07, 6.45) is 2.57. The number of likely N-dealkylation sites (tertiary alicyclic amines) is 1. The Bertz CT molecular complexity index is 870. The number of methoxy groups -OCH3 is 1. The molecule has 0 radical (unpaired) electrons. The summed E-state index contributed by atoms with van der Waals surface area (Å²) in [5, 5.41) is 14.1. The first kappa shape index (κ1) is 18.5. The number of H-pyrrole nitrogens is 1. The number of hydrogen-bond acceptors (Lipinski definition) is 6. The second kappa shape index (κ2) is 8.02. The first-order valence-corrected chi connectivity index (χ1v) is 9.66. The van der Waals surface area contributed by atoms with Crippen LogP contribution in [0.4, 0.5) is 5.69 Å². The molecule has 0 saturated carbocycles. The largest absolute Gasteiger partial charge is 0.465 e. The number of carbonyl (C=O) groups is 2. The summed E-state index contributed by atoms with van der Waals surface area (Å²) < 4.78 is 4.77. The van der Waals surface area contributed by atoms with E-state index >= 15 is 0 Å². The van der Waals surface area contributed by atoms with E-state index in [2.05, 4.69) is 20.8 Å². The minimum absolute atomic E-state index is 0.00680. The van der Waals surface area contributed by atoms with Gasteiger partial charge in [0.2, 0.25) is 0 Å². The van der Waals surface area contributed by atoms with Crippen LogP contribution in [0.25, 0.3) is 0 Å². The summed E-state index contributed by atoms with van der Waals surface area (Å²) in [6.45, 7) is 2.98. The van der Waals surface area contributed by atoms with Crippen LogP contribution in [-0.4, -0.2) is 59.8 Å². The molecular formula is C20H25N5O3. The molecule has 4 rings (SSSR count). The Balaban J connectivity index is 1.35. The molecule has 0 bridgehead atoms. The molecule has 0 atom stereocenters. The lowest BCUT2D eigenvalue weighted by Crippen LogP contribution is -2.43. The zero-order valence-electron chi connectivity index (χ0n) is 16.0. The Hall–Kier alpha value is -2.87. The first-order chi connectivity index (χ1) is 13.7. The Morgan fingerprint density at radius 3 is 2.89 bits per heavy atom. The molecular weight excluding hydrogens is 358 g/mol. The van der Waals surface area contributed by atoms with Gasteiger partial charge in [-0.05, 0) is 31.0 Å². The minimum Gasteiger partial charge on any atom is -0.465 e. The molecule has 3 N–H and O–H groups in total. The van der Waals surface area contributed by atoms with Crippen molar-refractivity contribution in [2.24, 2.45) is 0 Å². The molecule has 8 nitrogen and oxygen atoms in total. The zero-order valence-corrected chi connectivity index (χ0v) is 16.0. The molecule has 2 aliphatic heterocycles. The fraction of sp³-hybridized carbons (Fsp3) is 0.450. The van der Waals surface area contributed by atoms with Gasteiger partial charge in [0.1, 0.15) is 0 Å². The molecule has 3 heterocycles. The van der Waals surface area contributed by atoms with Crippen molar-refractivity contribution in [1.82, 2.24) is 20.4 Å². The van der Waals surface area contributed by atoms with E-state index < -0.39 is 0 Å². The number of aromatic nitrogens is 2. The van der Waals surface area contributed by atoms with E-state index in [-0.39, 0.29) is 17.9 Å². The first-order valence-electron chi connectivity index (χ1n) is 9.66. The third-order valence-corrected chi connectivity index (χ3v) is 5.45. The monoisotopic (exact) mass is 383 g/mol. The molecule has 1 fully saturated rings. The van der Waals surface area contributed by atoms with Gasteiger partial charge in [0.25, 0.3) is 5.91 Å². The van der Waals surface area contributed by atoms with Gasteiger partial charge in [-0.3, -0.25) is 9.89 Å². The van der Waals surface area contributed by atoms with Crippen molar-refractivity contribution in [3.63, 3.8) is 0 Å². The van der Waals surface area contributed by atoms with Crippen molar-refractivity contribution < 1.29 is 14.3 Å². The number of amides is 1. The number of nitrogens with one attached hydrogen (secondary N) is 3. The summed E-state index contributed by atoms with van der Waals surface area (Å²) in [6, 6.07) is 7.56. The minimum atomic E-state index is -0.346. The van der Waals surface area contributed by atoms with Crippen molar-refractivity contribution in [1.29, 1.82) is 0 Å². The number of piperidine rings is 1. The highest BCUT2D eigenvalue weighted by molar-refractivity contribution is 5.94. The van der Waals surface area contributed by atoms with Gasteiger partial charge in [-0.25, -0.2) is 4.79 Å². The predicted octanol–water partition coefficient (Wildman–Crippen LogP) is 1.56. The number of aromatic amines is 1. The lowest BCUT2D eigenvalue weighted by molar-refractivity contribution is 0.0600. The summed E-state index contributed by atoms with van der Waals surface area (Å²) in [7, 11) is 1.38. The highest BCUT2D eigenvalue weighted by Crippen LogP contribution is 2.22. The van der Waals surface area contributed by atoms with Crippen molar-refractivity contribution in [3.8, 4) is 0 Å². The molecule has 148 valence electrons. The molecule has 28 heavy (non-hydrogen) atoms. The third-order valence-electron chi connectivity index (χ3n) is 5.45. The zero-order chi connectivity index (χ0) is 19.5. The molecule has 1 amide bonds. The molecule has 0 spiro atoms. The van der Waals surface area contributed by atoms with Crippen LogP contribution in [0.5, 0.6) is 0 Å². The summed E-state index contributed by atoms with van der Waals surface area (Å²) in [4.78, 5) is 26.5. The van der Waals surface area contributed by atoms with Gasteiger partial charge in [-0.1, -0.05) is 6.07 Å². The standard InChI is InChI=1S/C20H25N5O3/c1-28-20(27)13-3-2-4-15(11-13)22-14-6-9-25(10-7-14)19(26)18-16-12-21-8-5-17(16)23-24-18/h2-4,11,14,21-22H,5-10,12H2,1H3,(H,23,24). The fourth-order valence-electron chi connectivity index (χ4n) is 3.87. The lowest BCUT2D eigenvalue weighted by Gasteiger charge is -2.32. The van der Waals surface area contributed by atoms with Gasteiger partial charge < -0.3 is 20.3 Å². The quantitative estimate of drug-likeness (QED) is 0.693. The smallest absolute Gasteiger partial charge is 0.337 e. The predicted molar refractivity (Wildman–Crippen MR) is 104 cm³/mol. The molecule has 0 aliphatic carbocycles. The second-order valence-corrected chi connectivity index (χ2v) is 7.24. The van der Waals surface area contributed by atoms with E-state index in [4.69, 9.17) is 4.74 Å². The number of ether oxygens (including phenoxy) is 1. The van der Waals surface area contributed by atoms with Crippen LogP contribution in [0.2, 0.25) is 0 Å². The van der Waals surface area contributed by atoms with Crippen LogP contribution in [0.15, 0.2) is 24.3 Å². The van der Waals surface area contributed by atoms with Gasteiger partial charge in [0, 0.05) is 55.6 Å². The van der Waals surface area contributed by atoms with E-state index in [1.807, 2.05) is 17.0 Å². The van der Waals surface area contributed by atoms with E-state index in [0.717, 1.165) is 42.8 Å². The number of benzene rings is 1. The van der Waals surface area contributed by atoms with Crippen LogP contribution < -0.4 is 10.6 Å². The van der Waals surface area contributed by atoms with Crippen molar-refractivity contribution in [2.45, 2.75) is 31.8 Å². The van der Waals surface area contributed by atoms with Crippen molar-refractivity contribution in [3.05, 3.63) is 46.8 Å². The number of fused-ring (bicyclic) bond motifs is 1. The van der Waals surface area contributed by atoms with E-state index in [9.17, 15) is 9.59 Å². The maximum Gasteiger partial charge on any atom is 0.337 e. The number of esters is 1. The van der Waals surface area contributed by atoms with Crippen LogP contribution in [0.1, 0.15) is 44.9 Å². The van der Waals surface area contributed by atoms with Gasteiger partial charge >= 0.3 is 5.97 Å². The highest BCUT2D eigenvalue weighted by atomic mass is 16.5. The molecule has 8 heteroatoms. The maximum absolute atomic E-state index is 12.9. The van der Waals surface area contributed by atoms with E-state index in [1.165, 1.54) is 7.11 Å². The number of nitrogens with zero attached hydrogens (tertiary/aromatic N) is 2. The number of carbonyl (C=O) groups excluding carboxylic acids is 2. The third kappa shape index (κ3) is 3.73. The van der Waals surface area contributed by atoms with Gasteiger partial charge in [0.15, 0.2) is 5.69 Å². The van der Waals surface area contributed by atoms with Crippen LogP contribution in [-0.2, 0) is 17.7 Å². The molecule has 2 aromatic rings. The Morgan fingerprint density at radius 1 is 1.29 bits per heavy atom. The summed E-state index contributed by atoms with van der Waals surface area (Å²) >= 11 is 0.